The quantitative estimate of drug-likeness (QED) is 0.674. The van der Waals surface area contributed by atoms with Crippen LogP contribution in [0.1, 0.15) is 13.8 Å². The molecular formula is C12H16O6. The second-order valence-corrected chi connectivity index (χ2v) is 4.82. The lowest BCUT2D eigenvalue weighted by atomic mass is 9.76. The van der Waals surface area contributed by atoms with Crippen molar-refractivity contribution in [2.75, 3.05) is 20.8 Å². The van der Waals surface area contributed by atoms with Crippen molar-refractivity contribution in [1.82, 2.24) is 0 Å². The minimum absolute atomic E-state index is 0.0342. The van der Waals surface area contributed by atoms with E-state index in [-0.39, 0.29) is 24.0 Å². The van der Waals surface area contributed by atoms with Crippen LogP contribution in [0.4, 0.5) is 0 Å². The van der Waals surface area contributed by atoms with E-state index in [1.807, 2.05) is 13.8 Å². The van der Waals surface area contributed by atoms with Gasteiger partial charge in [-0.15, -0.1) is 0 Å². The SMILES string of the molecule is COC(=O)C1=C(OC)OC(C)(C)[C@H]2COC(=O)[C@H]12. The average molecular weight is 256 g/mol. The van der Waals surface area contributed by atoms with E-state index >= 15 is 0 Å². The van der Waals surface area contributed by atoms with Gasteiger partial charge in [0.05, 0.1) is 26.7 Å². The third-order valence-corrected chi connectivity index (χ3v) is 3.43. The Balaban J connectivity index is 2.52. The van der Waals surface area contributed by atoms with Crippen molar-refractivity contribution in [3.8, 4) is 0 Å². The second-order valence-electron chi connectivity index (χ2n) is 4.82. The monoisotopic (exact) mass is 256 g/mol. The number of ether oxygens (including phenoxy) is 4. The molecule has 18 heavy (non-hydrogen) atoms. The molecule has 0 aliphatic carbocycles. The van der Waals surface area contributed by atoms with Crippen LogP contribution in [0.15, 0.2) is 11.5 Å². The number of esters is 2. The normalized spacial score (nSPS) is 29.2. The summed E-state index contributed by atoms with van der Waals surface area (Å²) in [6.45, 7) is 3.90. The highest BCUT2D eigenvalue weighted by atomic mass is 16.7. The molecule has 0 amide bonds. The Kier molecular flexibility index (Phi) is 2.96. The summed E-state index contributed by atoms with van der Waals surface area (Å²) in [4.78, 5) is 23.6. The average Bonchev–Trinajstić information content (AvgIpc) is 2.71. The van der Waals surface area contributed by atoms with Gasteiger partial charge in [0.1, 0.15) is 17.1 Å². The van der Waals surface area contributed by atoms with Crippen molar-refractivity contribution in [3.63, 3.8) is 0 Å². The number of carbonyl (C=O) groups is 2. The first-order chi connectivity index (χ1) is 8.42. The maximum atomic E-state index is 11.8. The maximum absolute atomic E-state index is 11.8. The predicted octanol–water partition coefficient (Wildman–Crippen LogP) is 0.615. The van der Waals surface area contributed by atoms with Crippen LogP contribution in [-0.4, -0.2) is 38.4 Å². The standard InChI is InChI=1S/C12H16O6/c1-12(2)6-5-17-10(14)7(6)8(9(13)15-3)11(16-4)18-12/h6-7H,5H2,1-4H3/t6-,7-/m0/s1. The zero-order valence-corrected chi connectivity index (χ0v) is 10.8. The minimum Gasteiger partial charge on any atom is -0.468 e. The van der Waals surface area contributed by atoms with Gasteiger partial charge in [-0.2, -0.15) is 0 Å². The third-order valence-electron chi connectivity index (χ3n) is 3.43. The molecule has 2 atom stereocenters. The van der Waals surface area contributed by atoms with Crippen molar-refractivity contribution in [2.45, 2.75) is 19.4 Å². The van der Waals surface area contributed by atoms with Crippen LogP contribution < -0.4 is 0 Å². The third kappa shape index (κ3) is 1.72. The van der Waals surface area contributed by atoms with Crippen LogP contribution in [0, 0.1) is 11.8 Å². The van der Waals surface area contributed by atoms with E-state index < -0.39 is 23.5 Å². The van der Waals surface area contributed by atoms with Gasteiger partial charge in [-0.3, -0.25) is 4.79 Å². The molecule has 0 radical (unpaired) electrons. The second kappa shape index (κ2) is 4.19. The van der Waals surface area contributed by atoms with Gasteiger partial charge in [-0.1, -0.05) is 0 Å². The van der Waals surface area contributed by atoms with Gasteiger partial charge < -0.3 is 18.9 Å². The van der Waals surface area contributed by atoms with Crippen molar-refractivity contribution >= 4 is 11.9 Å². The van der Waals surface area contributed by atoms with Crippen molar-refractivity contribution < 1.29 is 28.5 Å². The maximum Gasteiger partial charge on any atom is 0.341 e. The molecule has 1 fully saturated rings. The Hall–Kier alpha value is -1.72. The number of fused-ring (bicyclic) bond motifs is 1. The Labute approximate surface area is 105 Å². The summed E-state index contributed by atoms with van der Waals surface area (Å²) in [6, 6.07) is 0. The zero-order chi connectivity index (χ0) is 13.5. The Morgan fingerprint density at radius 2 is 2.06 bits per heavy atom. The molecule has 0 aromatic heterocycles. The molecule has 0 bridgehead atoms. The molecule has 0 aromatic carbocycles. The molecule has 1 saturated heterocycles. The van der Waals surface area contributed by atoms with Gasteiger partial charge >= 0.3 is 11.9 Å². The number of carbonyl (C=O) groups excluding carboxylic acids is 2. The number of rotatable bonds is 2. The van der Waals surface area contributed by atoms with Crippen molar-refractivity contribution in [2.24, 2.45) is 11.8 Å². The number of cyclic esters (lactones) is 1. The highest BCUT2D eigenvalue weighted by Crippen LogP contribution is 2.45. The van der Waals surface area contributed by atoms with E-state index in [9.17, 15) is 9.59 Å². The summed E-state index contributed by atoms with van der Waals surface area (Å²) in [6.07, 6.45) is 0. The minimum atomic E-state index is -0.684. The molecule has 0 saturated carbocycles. The lowest BCUT2D eigenvalue weighted by Crippen LogP contribution is -2.45. The van der Waals surface area contributed by atoms with Crippen LogP contribution in [-0.2, 0) is 28.5 Å². The number of methoxy groups -OCH3 is 2. The van der Waals surface area contributed by atoms with E-state index in [2.05, 4.69) is 4.74 Å². The zero-order valence-electron chi connectivity index (χ0n) is 10.8. The molecular weight excluding hydrogens is 240 g/mol. The number of hydrogen-bond donors (Lipinski definition) is 0. The lowest BCUT2D eigenvalue weighted by molar-refractivity contribution is -0.149. The largest absolute Gasteiger partial charge is 0.468 e. The van der Waals surface area contributed by atoms with E-state index in [1.165, 1.54) is 14.2 Å². The number of hydrogen-bond acceptors (Lipinski definition) is 6. The summed E-state index contributed by atoms with van der Waals surface area (Å²) < 4.78 is 20.4. The molecule has 0 unspecified atom stereocenters. The molecule has 6 heteroatoms. The van der Waals surface area contributed by atoms with Crippen LogP contribution in [0.3, 0.4) is 0 Å². The van der Waals surface area contributed by atoms with E-state index in [0.29, 0.717) is 0 Å². The molecule has 0 N–H and O–H groups in total. The Morgan fingerprint density at radius 1 is 1.39 bits per heavy atom. The van der Waals surface area contributed by atoms with Gasteiger partial charge in [0.25, 0.3) is 5.95 Å². The van der Waals surface area contributed by atoms with Crippen LogP contribution in [0.2, 0.25) is 0 Å². The van der Waals surface area contributed by atoms with E-state index in [1.54, 1.807) is 0 Å². The summed E-state index contributed by atoms with van der Waals surface area (Å²) in [5.74, 6) is -1.94. The fourth-order valence-electron chi connectivity index (χ4n) is 2.41. The summed E-state index contributed by atoms with van der Waals surface area (Å²) in [5.41, 5.74) is -0.536. The first-order valence-electron chi connectivity index (χ1n) is 5.64. The fourth-order valence-corrected chi connectivity index (χ4v) is 2.41. The topological polar surface area (TPSA) is 71.1 Å². The first-order valence-corrected chi connectivity index (χ1v) is 5.64. The molecule has 0 spiro atoms. The molecule has 2 rings (SSSR count). The fraction of sp³-hybridized carbons (Fsp3) is 0.667. The smallest absolute Gasteiger partial charge is 0.341 e. The molecule has 2 aliphatic rings. The van der Waals surface area contributed by atoms with Gasteiger partial charge in [0, 0.05) is 0 Å². The van der Waals surface area contributed by atoms with E-state index in [4.69, 9.17) is 14.2 Å². The van der Waals surface area contributed by atoms with Gasteiger partial charge in [-0.05, 0) is 13.8 Å². The Morgan fingerprint density at radius 3 is 2.61 bits per heavy atom. The highest BCUT2D eigenvalue weighted by molar-refractivity contribution is 5.97. The molecule has 100 valence electrons. The summed E-state index contributed by atoms with van der Waals surface area (Å²) >= 11 is 0. The van der Waals surface area contributed by atoms with Crippen LogP contribution >= 0.6 is 0 Å². The molecule has 2 aliphatic heterocycles. The van der Waals surface area contributed by atoms with Gasteiger partial charge in [-0.25, -0.2) is 4.79 Å². The summed E-state index contributed by atoms with van der Waals surface area (Å²) in [7, 11) is 2.63. The van der Waals surface area contributed by atoms with Crippen molar-refractivity contribution in [1.29, 1.82) is 0 Å². The van der Waals surface area contributed by atoms with Crippen LogP contribution in [0.25, 0.3) is 0 Å². The first kappa shape index (κ1) is 12.7. The summed E-state index contributed by atoms with van der Waals surface area (Å²) in [5, 5.41) is 0. The molecule has 0 aromatic rings. The van der Waals surface area contributed by atoms with Gasteiger partial charge in [0.15, 0.2) is 0 Å². The van der Waals surface area contributed by atoms with Crippen molar-refractivity contribution in [3.05, 3.63) is 11.5 Å². The predicted molar refractivity (Wildman–Crippen MR) is 59.2 cm³/mol. The van der Waals surface area contributed by atoms with E-state index in [0.717, 1.165) is 0 Å². The van der Waals surface area contributed by atoms with Gasteiger partial charge in [0.2, 0.25) is 0 Å². The molecule has 2 heterocycles. The lowest BCUT2D eigenvalue weighted by Gasteiger charge is -2.38. The van der Waals surface area contributed by atoms with Crippen LogP contribution in [0.5, 0.6) is 0 Å². The Bertz CT molecular complexity index is 422. The molecule has 6 nitrogen and oxygen atoms in total. The highest BCUT2D eigenvalue weighted by Gasteiger charge is 2.56.